The summed E-state index contributed by atoms with van der Waals surface area (Å²) in [4.78, 5) is 4.66. The van der Waals surface area contributed by atoms with Gasteiger partial charge in [-0.15, -0.1) is 0 Å². The first kappa shape index (κ1) is 22.0. The summed E-state index contributed by atoms with van der Waals surface area (Å²) in [6.07, 6.45) is 3.12. The predicted octanol–water partition coefficient (Wildman–Crippen LogP) is 7.90. The molecule has 2 aromatic rings. The standard InChI is InChI=1S/C25H36ClN/c1-10-23(4,5)25(8,9)20-13-11-18(15-21(20)26)24(6,7)19-12-14-22(17(2)3)27-16-19/h11-17H,10H2,1-9H3. The van der Waals surface area contributed by atoms with Gasteiger partial charge in [-0.05, 0) is 45.6 Å². The van der Waals surface area contributed by atoms with Crippen LogP contribution in [0.1, 0.15) is 97.0 Å². The zero-order valence-corrected chi connectivity index (χ0v) is 19.3. The monoisotopic (exact) mass is 385 g/mol. The molecule has 0 amide bonds. The van der Waals surface area contributed by atoms with Gasteiger partial charge in [0.1, 0.15) is 0 Å². The highest BCUT2D eigenvalue weighted by Crippen LogP contribution is 2.46. The van der Waals surface area contributed by atoms with Gasteiger partial charge in [0.25, 0.3) is 0 Å². The van der Waals surface area contributed by atoms with Gasteiger partial charge in [0.2, 0.25) is 0 Å². The summed E-state index contributed by atoms with van der Waals surface area (Å²) < 4.78 is 0. The van der Waals surface area contributed by atoms with Crippen molar-refractivity contribution in [2.45, 2.75) is 85.5 Å². The molecular formula is C25H36ClN. The molecule has 0 radical (unpaired) electrons. The van der Waals surface area contributed by atoms with Gasteiger partial charge in [-0.25, -0.2) is 0 Å². The van der Waals surface area contributed by atoms with Crippen LogP contribution in [0, 0.1) is 5.41 Å². The van der Waals surface area contributed by atoms with Crippen molar-refractivity contribution in [3.05, 3.63) is 63.9 Å². The van der Waals surface area contributed by atoms with Crippen molar-refractivity contribution < 1.29 is 0 Å². The molecule has 0 aliphatic rings. The van der Waals surface area contributed by atoms with Gasteiger partial charge in [-0.1, -0.05) is 98.5 Å². The fourth-order valence-electron chi connectivity index (χ4n) is 3.50. The quantitative estimate of drug-likeness (QED) is 0.492. The van der Waals surface area contributed by atoms with E-state index in [4.69, 9.17) is 11.6 Å². The minimum Gasteiger partial charge on any atom is -0.261 e. The van der Waals surface area contributed by atoms with Gasteiger partial charge in [0.05, 0.1) is 0 Å². The normalized spacial score (nSPS) is 13.3. The van der Waals surface area contributed by atoms with Crippen LogP contribution >= 0.6 is 11.6 Å². The van der Waals surface area contributed by atoms with Gasteiger partial charge in [0.15, 0.2) is 0 Å². The summed E-state index contributed by atoms with van der Waals surface area (Å²) in [5.41, 5.74) is 4.82. The minimum atomic E-state index is -0.144. The molecule has 0 unspecified atom stereocenters. The molecule has 0 aliphatic carbocycles. The van der Waals surface area contributed by atoms with E-state index in [1.165, 1.54) is 16.7 Å². The van der Waals surface area contributed by atoms with E-state index in [0.717, 1.165) is 17.1 Å². The van der Waals surface area contributed by atoms with Crippen LogP contribution in [0.25, 0.3) is 0 Å². The van der Waals surface area contributed by atoms with Crippen molar-refractivity contribution in [3.8, 4) is 0 Å². The first-order valence-corrected chi connectivity index (χ1v) is 10.5. The molecule has 2 heteroatoms. The number of pyridine rings is 1. The largest absolute Gasteiger partial charge is 0.261 e. The van der Waals surface area contributed by atoms with E-state index in [1.807, 2.05) is 6.20 Å². The Kier molecular flexibility index (Phi) is 6.17. The minimum absolute atomic E-state index is 0.00196. The lowest BCUT2D eigenvalue weighted by molar-refractivity contribution is 0.189. The molecule has 2 rings (SSSR count). The van der Waals surface area contributed by atoms with Crippen molar-refractivity contribution in [3.63, 3.8) is 0 Å². The molecule has 0 saturated carbocycles. The Morgan fingerprint density at radius 2 is 1.52 bits per heavy atom. The first-order chi connectivity index (χ1) is 12.3. The van der Waals surface area contributed by atoms with Crippen LogP contribution in [-0.4, -0.2) is 4.98 Å². The second kappa shape index (κ2) is 7.59. The Balaban J connectivity index is 2.44. The highest BCUT2D eigenvalue weighted by atomic mass is 35.5. The first-order valence-electron chi connectivity index (χ1n) is 10.1. The van der Waals surface area contributed by atoms with Gasteiger partial charge in [-0.3, -0.25) is 4.98 Å². The second-order valence-corrected chi connectivity index (χ2v) is 10.2. The molecular weight excluding hydrogens is 350 g/mol. The Labute approximate surface area is 171 Å². The molecule has 148 valence electrons. The van der Waals surface area contributed by atoms with Gasteiger partial charge < -0.3 is 0 Å². The second-order valence-electron chi connectivity index (χ2n) is 9.81. The Bertz CT molecular complexity index is 782. The van der Waals surface area contributed by atoms with E-state index in [0.29, 0.717) is 5.92 Å². The van der Waals surface area contributed by atoms with E-state index < -0.39 is 0 Å². The Hall–Kier alpha value is -1.34. The highest BCUT2D eigenvalue weighted by molar-refractivity contribution is 6.31. The van der Waals surface area contributed by atoms with Crippen molar-refractivity contribution in [2.24, 2.45) is 5.41 Å². The third kappa shape index (κ3) is 4.09. The lowest BCUT2D eigenvalue weighted by Gasteiger charge is -2.42. The maximum absolute atomic E-state index is 6.82. The fourth-order valence-corrected chi connectivity index (χ4v) is 3.92. The van der Waals surface area contributed by atoms with Crippen molar-refractivity contribution >= 4 is 11.6 Å². The van der Waals surface area contributed by atoms with Crippen LogP contribution < -0.4 is 0 Å². The average Bonchev–Trinajstić information content (AvgIpc) is 2.61. The zero-order valence-electron chi connectivity index (χ0n) is 18.6. The van der Waals surface area contributed by atoms with Gasteiger partial charge in [-0.2, -0.15) is 0 Å². The van der Waals surface area contributed by atoms with Crippen LogP contribution in [0.15, 0.2) is 36.5 Å². The topological polar surface area (TPSA) is 12.9 Å². The molecule has 0 atom stereocenters. The molecule has 0 aliphatic heterocycles. The molecule has 0 bridgehead atoms. The van der Waals surface area contributed by atoms with Crippen LogP contribution in [0.5, 0.6) is 0 Å². The summed E-state index contributed by atoms with van der Waals surface area (Å²) in [6.45, 7) is 20.3. The summed E-state index contributed by atoms with van der Waals surface area (Å²) >= 11 is 6.82. The third-order valence-electron chi connectivity index (χ3n) is 7.04. The molecule has 1 heterocycles. The molecule has 1 aromatic heterocycles. The van der Waals surface area contributed by atoms with E-state index in [-0.39, 0.29) is 16.2 Å². The van der Waals surface area contributed by atoms with Crippen molar-refractivity contribution in [2.75, 3.05) is 0 Å². The van der Waals surface area contributed by atoms with Crippen LogP contribution in [0.3, 0.4) is 0 Å². The highest BCUT2D eigenvalue weighted by Gasteiger charge is 2.38. The number of benzene rings is 1. The Morgan fingerprint density at radius 3 is 1.96 bits per heavy atom. The van der Waals surface area contributed by atoms with Crippen molar-refractivity contribution in [1.82, 2.24) is 4.98 Å². The van der Waals surface area contributed by atoms with Crippen LogP contribution in [0.4, 0.5) is 0 Å². The van der Waals surface area contributed by atoms with Gasteiger partial charge in [0, 0.05) is 22.3 Å². The number of hydrogen-bond donors (Lipinski definition) is 0. The van der Waals surface area contributed by atoms with Crippen LogP contribution in [0.2, 0.25) is 5.02 Å². The number of hydrogen-bond acceptors (Lipinski definition) is 1. The summed E-state index contributed by atoms with van der Waals surface area (Å²) in [6, 6.07) is 11.0. The van der Waals surface area contributed by atoms with Crippen molar-refractivity contribution in [1.29, 1.82) is 0 Å². The fraction of sp³-hybridized carbons (Fsp3) is 0.560. The number of aromatic nitrogens is 1. The maximum atomic E-state index is 6.82. The smallest absolute Gasteiger partial charge is 0.0446 e. The van der Waals surface area contributed by atoms with E-state index in [9.17, 15) is 0 Å². The van der Waals surface area contributed by atoms with E-state index in [2.05, 4.69) is 97.6 Å². The maximum Gasteiger partial charge on any atom is 0.0446 e. The molecule has 0 N–H and O–H groups in total. The summed E-state index contributed by atoms with van der Waals surface area (Å²) in [5, 5.41) is 0.860. The molecule has 27 heavy (non-hydrogen) atoms. The van der Waals surface area contributed by atoms with E-state index in [1.54, 1.807) is 0 Å². The average molecular weight is 386 g/mol. The number of halogens is 1. The number of nitrogens with zero attached hydrogens (tertiary/aromatic N) is 1. The Morgan fingerprint density at radius 1 is 0.926 bits per heavy atom. The number of rotatable bonds is 6. The summed E-state index contributed by atoms with van der Waals surface area (Å²) in [5.74, 6) is 0.444. The SMILES string of the molecule is CCC(C)(C)C(C)(C)c1ccc(C(C)(C)c2ccc(C(C)C)nc2)cc1Cl. The molecule has 0 saturated heterocycles. The predicted molar refractivity (Wildman–Crippen MR) is 119 cm³/mol. The lowest BCUT2D eigenvalue weighted by atomic mass is 9.62. The zero-order chi connectivity index (χ0) is 20.6. The molecule has 0 spiro atoms. The lowest BCUT2D eigenvalue weighted by Crippen LogP contribution is -2.36. The third-order valence-corrected chi connectivity index (χ3v) is 7.35. The van der Waals surface area contributed by atoms with E-state index >= 15 is 0 Å². The summed E-state index contributed by atoms with van der Waals surface area (Å²) in [7, 11) is 0. The molecule has 1 nitrogen and oxygen atoms in total. The van der Waals surface area contributed by atoms with Gasteiger partial charge >= 0.3 is 0 Å². The molecule has 0 fully saturated rings. The molecule has 1 aromatic carbocycles. The van der Waals surface area contributed by atoms with Crippen LogP contribution in [-0.2, 0) is 10.8 Å².